The highest BCUT2D eigenvalue weighted by Gasteiger charge is 2.32. The van der Waals surface area contributed by atoms with Gasteiger partial charge in [0, 0.05) is 32.0 Å². The Morgan fingerprint density at radius 2 is 1.91 bits per heavy atom. The lowest BCUT2D eigenvalue weighted by Gasteiger charge is -2.37. The third kappa shape index (κ3) is 7.08. The Hall–Kier alpha value is -3.34. The number of benzene rings is 2. The number of carboxylic acids is 1. The van der Waals surface area contributed by atoms with Gasteiger partial charge in [0.15, 0.2) is 0 Å². The van der Waals surface area contributed by atoms with Crippen molar-refractivity contribution in [1.29, 1.82) is 0 Å². The van der Waals surface area contributed by atoms with E-state index in [2.05, 4.69) is 10.6 Å². The van der Waals surface area contributed by atoms with Gasteiger partial charge in [-0.15, -0.1) is 0 Å². The van der Waals surface area contributed by atoms with Gasteiger partial charge in [-0.1, -0.05) is 23.7 Å². The smallest absolute Gasteiger partial charge is 0.307 e. The molecule has 0 radical (unpaired) electrons. The standard InChI is InChI=1S/C24H29ClN4O6/c1-34-20-11-18(26)17(25)10-16(20)24(33)28-19-7-8-29(12-21(19)35-2)13-22(30)27-15-5-3-14(4-6-15)9-23(31)32/h3-6,10-11,19,21H,7-9,12-13,26H2,1-2H3,(H,27,30)(H,28,33)(H,31,32)/t19-,21+/m1/s1. The van der Waals surface area contributed by atoms with Crippen LogP contribution in [-0.4, -0.2) is 73.8 Å². The number of ether oxygens (including phenoxy) is 2. The Labute approximate surface area is 208 Å². The molecule has 35 heavy (non-hydrogen) atoms. The summed E-state index contributed by atoms with van der Waals surface area (Å²) in [5.74, 6) is -1.14. The van der Waals surface area contributed by atoms with Crippen LogP contribution in [0, 0.1) is 0 Å². The van der Waals surface area contributed by atoms with Crippen molar-refractivity contribution >= 4 is 40.8 Å². The zero-order chi connectivity index (χ0) is 25.5. The number of nitrogen functional groups attached to an aromatic ring is 1. The van der Waals surface area contributed by atoms with Gasteiger partial charge < -0.3 is 30.9 Å². The van der Waals surface area contributed by atoms with Gasteiger partial charge in [0.25, 0.3) is 5.91 Å². The number of nitrogens with one attached hydrogen (secondary N) is 2. The molecule has 0 spiro atoms. The van der Waals surface area contributed by atoms with Gasteiger partial charge in [-0.2, -0.15) is 0 Å². The van der Waals surface area contributed by atoms with Crippen LogP contribution in [0.3, 0.4) is 0 Å². The number of halogens is 1. The third-order valence-electron chi connectivity index (χ3n) is 5.79. The number of methoxy groups -OCH3 is 2. The molecule has 1 saturated heterocycles. The van der Waals surface area contributed by atoms with Gasteiger partial charge in [-0.05, 0) is 30.2 Å². The maximum atomic E-state index is 12.9. The van der Waals surface area contributed by atoms with Crippen LogP contribution >= 0.6 is 11.6 Å². The van der Waals surface area contributed by atoms with E-state index in [1.165, 1.54) is 19.2 Å². The van der Waals surface area contributed by atoms with E-state index >= 15 is 0 Å². The molecular weight excluding hydrogens is 476 g/mol. The maximum absolute atomic E-state index is 12.9. The SMILES string of the molecule is COc1cc(N)c(Cl)cc1C(=O)N[C@@H]1CCN(CC(=O)Nc2ccc(CC(=O)O)cc2)C[C@@H]1OC. The number of carbonyl (C=O) groups is 3. The summed E-state index contributed by atoms with van der Waals surface area (Å²) >= 11 is 6.09. The van der Waals surface area contributed by atoms with Gasteiger partial charge in [-0.25, -0.2) is 0 Å². The summed E-state index contributed by atoms with van der Waals surface area (Å²) in [5.41, 5.74) is 7.63. The van der Waals surface area contributed by atoms with Crippen LogP contribution in [0.4, 0.5) is 11.4 Å². The molecule has 0 saturated carbocycles. The number of likely N-dealkylation sites (tertiary alicyclic amines) is 1. The van der Waals surface area contributed by atoms with Crippen LogP contribution in [0.2, 0.25) is 5.02 Å². The average molecular weight is 505 g/mol. The predicted molar refractivity (Wildman–Crippen MR) is 132 cm³/mol. The van der Waals surface area contributed by atoms with Crippen molar-refractivity contribution in [2.45, 2.75) is 25.0 Å². The summed E-state index contributed by atoms with van der Waals surface area (Å²) in [5, 5.41) is 14.9. The molecule has 2 atom stereocenters. The molecule has 188 valence electrons. The highest BCUT2D eigenvalue weighted by atomic mass is 35.5. The van der Waals surface area contributed by atoms with Crippen molar-refractivity contribution in [2.75, 3.05) is 44.9 Å². The molecule has 0 aromatic heterocycles. The summed E-state index contributed by atoms with van der Waals surface area (Å²) in [6.45, 7) is 1.18. The Balaban J connectivity index is 1.55. The second-order valence-corrected chi connectivity index (χ2v) is 8.67. The summed E-state index contributed by atoms with van der Waals surface area (Å²) in [4.78, 5) is 38.2. The van der Waals surface area contributed by atoms with Gasteiger partial charge in [0.1, 0.15) is 5.75 Å². The Kier molecular flexibility index (Phi) is 8.91. The topological polar surface area (TPSA) is 143 Å². The lowest BCUT2D eigenvalue weighted by Crippen LogP contribution is -2.55. The van der Waals surface area contributed by atoms with Crippen molar-refractivity contribution in [3.05, 3.63) is 52.5 Å². The Morgan fingerprint density at radius 3 is 2.54 bits per heavy atom. The number of amides is 2. The monoisotopic (exact) mass is 504 g/mol. The number of rotatable bonds is 9. The molecule has 2 amide bonds. The molecule has 5 N–H and O–H groups in total. The van der Waals surface area contributed by atoms with E-state index in [0.717, 1.165) is 0 Å². The van der Waals surface area contributed by atoms with Crippen molar-refractivity contribution in [3.8, 4) is 5.75 Å². The quantitative estimate of drug-likeness (QED) is 0.380. The van der Waals surface area contributed by atoms with Gasteiger partial charge in [0.2, 0.25) is 5.91 Å². The van der Waals surface area contributed by atoms with Crippen LogP contribution in [0.5, 0.6) is 5.75 Å². The number of nitrogens with zero attached hydrogens (tertiary/aromatic N) is 1. The molecule has 1 aliphatic heterocycles. The summed E-state index contributed by atoms with van der Waals surface area (Å²) in [6, 6.07) is 9.40. The van der Waals surface area contributed by atoms with E-state index in [1.807, 2.05) is 4.90 Å². The minimum Gasteiger partial charge on any atom is -0.496 e. The Morgan fingerprint density at radius 1 is 1.20 bits per heavy atom. The second-order valence-electron chi connectivity index (χ2n) is 8.27. The largest absolute Gasteiger partial charge is 0.496 e. The number of hydrogen-bond donors (Lipinski definition) is 4. The molecule has 3 rings (SSSR count). The fraction of sp³-hybridized carbons (Fsp3) is 0.375. The van der Waals surface area contributed by atoms with E-state index in [1.54, 1.807) is 31.4 Å². The van der Waals surface area contributed by atoms with Crippen molar-refractivity contribution < 1.29 is 29.0 Å². The van der Waals surface area contributed by atoms with Crippen LogP contribution in [0.1, 0.15) is 22.3 Å². The lowest BCUT2D eigenvalue weighted by atomic mass is 10.0. The zero-order valence-corrected chi connectivity index (χ0v) is 20.3. The molecule has 2 aromatic rings. The van der Waals surface area contributed by atoms with Crippen LogP contribution in [0.15, 0.2) is 36.4 Å². The molecule has 1 fully saturated rings. The zero-order valence-electron chi connectivity index (χ0n) is 19.5. The molecule has 11 heteroatoms. The van der Waals surface area contributed by atoms with Crippen molar-refractivity contribution in [1.82, 2.24) is 10.2 Å². The molecule has 0 unspecified atom stereocenters. The first kappa shape index (κ1) is 26.3. The summed E-state index contributed by atoms with van der Waals surface area (Å²) in [7, 11) is 3.01. The number of aliphatic carboxylic acids is 1. The van der Waals surface area contributed by atoms with E-state index in [9.17, 15) is 14.4 Å². The number of hydrogen-bond acceptors (Lipinski definition) is 7. The number of nitrogens with two attached hydrogens (primary N) is 1. The van der Waals surface area contributed by atoms with Gasteiger partial charge >= 0.3 is 5.97 Å². The van der Waals surface area contributed by atoms with E-state index in [0.29, 0.717) is 42.2 Å². The van der Waals surface area contributed by atoms with E-state index in [4.69, 9.17) is 31.9 Å². The van der Waals surface area contributed by atoms with Gasteiger partial charge in [0.05, 0.1) is 48.5 Å². The molecule has 0 aliphatic carbocycles. The first-order valence-corrected chi connectivity index (χ1v) is 11.4. The second kappa shape index (κ2) is 11.9. The molecule has 2 aromatic carbocycles. The highest BCUT2D eigenvalue weighted by molar-refractivity contribution is 6.33. The number of carboxylic acid groups (broad SMARTS) is 1. The van der Waals surface area contributed by atoms with E-state index < -0.39 is 5.97 Å². The van der Waals surface area contributed by atoms with Crippen LogP contribution < -0.4 is 21.1 Å². The molecule has 1 aliphatic rings. The van der Waals surface area contributed by atoms with Crippen molar-refractivity contribution in [2.24, 2.45) is 0 Å². The number of piperidine rings is 1. The highest BCUT2D eigenvalue weighted by Crippen LogP contribution is 2.29. The lowest BCUT2D eigenvalue weighted by molar-refractivity contribution is -0.136. The first-order valence-electron chi connectivity index (χ1n) is 11.0. The Bertz CT molecular complexity index is 1080. The minimum absolute atomic E-state index is 0.0732. The van der Waals surface area contributed by atoms with E-state index in [-0.39, 0.29) is 47.5 Å². The fourth-order valence-electron chi connectivity index (χ4n) is 3.97. The fourth-order valence-corrected chi connectivity index (χ4v) is 4.14. The summed E-state index contributed by atoms with van der Waals surface area (Å²) < 4.78 is 10.9. The predicted octanol–water partition coefficient (Wildman–Crippen LogP) is 2.02. The minimum atomic E-state index is -0.912. The third-order valence-corrected chi connectivity index (χ3v) is 6.11. The van der Waals surface area contributed by atoms with Gasteiger partial charge in [-0.3, -0.25) is 19.3 Å². The first-order chi connectivity index (χ1) is 16.7. The number of anilines is 2. The molecule has 0 bridgehead atoms. The average Bonchev–Trinajstić information content (AvgIpc) is 2.82. The molecule has 10 nitrogen and oxygen atoms in total. The normalized spacial score (nSPS) is 18.0. The van der Waals surface area contributed by atoms with Crippen molar-refractivity contribution in [3.63, 3.8) is 0 Å². The molecule has 1 heterocycles. The van der Waals surface area contributed by atoms with Crippen LogP contribution in [-0.2, 0) is 20.7 Å². The van der Waals surface area contributed by atoms with Crippen LogP contribution in [0.25, 0.3) is 0 Å². The maximum Gasteiger partial charge on any atom is 0.307 e. The summed E-state index contributed by atoms with van der Waals surface area (Å²) in [6.07, 6.45) is 0.175. The molecular formula is C24H29ClN4O6. The number of carbonyl (C=O) groups excluding carboxylic acids is 2.